The number of nitrogens with one attached hydrogen (secondary N) is 1. The van der Waals surface area contributed by atoms with Crippen LogP contribution in [0.15, 0.2) is 22.8 Å². The predicted molar refractivity (Wildman–Crippen MR) is 50.7 cm³/mol. The van der Waals surface area contributed by atoms with E-state index in [1.165, 1.54) is 12.3 Å². The number of hydrogen-bond acceptors (Lipinski definition) is 1. The molecule has 2 rings (SSSR count). The number of hydrogen-bond donors (Lipinski definition) is 1. The Labute approximate surface area is 82.1 Å². The van der Waals surface area contributed by atoms with Gasteiger partial charge in [-0.3, -0.25) is 0 Å². The molecule has 13 heavy (non-hydrogen) atoms. The van der Waals surface area contributed by atoms with Crippen LogP contribution in [0.3, 0.4) is 0 Å². The molecule has 2 nitrogen and oxygen atoms in total. The third-order valence-electron chi connectivity index (χ3n) is 1.85. The van der Waals surface area contributed by atoms with Gasteiger partial charge in [0, 0.05) is 16.1 Å². The van der Waals surface area contributed by atoms with Crippen molar-refractivity contribution in [3.05, 3.63) is 34.2 Å². The van der Waals surface area contributed by atoms with Crippen LogP contribution in [0.5, 0.6) is 0 Å². The van der Waals surface area contributed by atoms with Crippen LogP contribution in [-0.4, -0.2) is 4.98 Å². The minimum Gasteiger partial charge on any atom is -0.357 e. The van der Waals surface area contributed by atoms with E-state index in [1.807, 2.05) is 6.07 Å². The maximum atomic E-state index is 13.2. The quantitative estimate of drug-likeness (QED) is 0.754. The van der Waals surface area contributed by atoms with Gasteiger partial charge in [0.25, 0.3) is 0 Å². The van der Waals surface area contributed by atoms with E-state index in [1.54, 1.807) is 6.07 Å². The summed E-state index contributed by atoms with van der Waals surface area (Å²) in [5, 5.41) is 9.33. The van der Waals surface area contributed by atoms with E-state index >= 15 is 0 Å². The summed E-state index contributed by atoms with van der Waals surface area (Å²) in [6.45, 7) is 0. The second-order valence-electron chi connectivity index (χ2n) is 2.59. The zero-order chi connectivity index (χ0) is 9.42. The molecule has 0 aliphatic heterocycles. The largest absolute Gasteiger partial charge is 0.357 e. The monoisotopic (exact) mass is 238 g/mol. The second-order valence-corrected chi connectivity index (χ2v) is 3.45. The fourth-order valence-corrected chi connectivity index (χ4v) is 1.80. The maximum absolute atomic E-state index is 13.2. The highest BCUT2D eigenvalue weighted by atomic mass is 79.9. The number of rotatable bonds is 0. The van der Waals surface area contributed by atoms with Crippen molar-refractivity contribution in [2.45, 2.75) is 0 Å². The number of benzene rings is 1. The Morgan fingerprint density at radius 1 is 1.46 bits per heavy atom. The Kier molecular flexibility index (Phi) is 1.82. The van der Waals surface area contributed by atoms with Gasteiger partial charge in [-0.1, -0.05) is 15.9 Å². The van der Waals surface area contributed by atoms with Crippen LogP contribution in [0.25, 0.3) is 10.9 Å². The fourth-order valence-electron chi connectivity index (χ4n) is 1.26. The minimum absolute atomic E-state index is 0.347. The van der Waals surface area contributed by atoms with Crippen molar-refractivity contribution >= 4 is 26.8 Å². The van der Waals surface area contributed by atoms with Gasteiger partial charge in [0.2, 0.25) is 0 Å². The highest BCUT2D eigenvalue weighted by molar-refractivity contribution is 9.10. The van der Waals surface area contributed by atoms with Crippen LogP contribution in [0.2, 0.25) is 0 Å². The summed E-state index contributed by atoms with van der Waals surface area (Å²) in [6, 6.07) is 4.93. The standard InChI is InChI=1S/C9H4BrFN2/c10-6-1-2-7(11)9-8(6)5(3-12)4-13-9/h1-2,4,13H. The molecule has 0 spiro atoms. The normalized spacial score (nSPS) is 10.2. The van der Waals surface area contributed by atoms with Gasteiger partial charge < -0.3 is 4.98 Å². The zero-order valence-electron chi connectivity index (χ0n) is 6.44. The highest BCUT2D eigenvalue weighted by Gasteiger charge is 2.09. The van der Waals surface area contributed by atoms with Gasteiger partial charge in [0.1, 0.15) is 11.9 Å². The Bertz CT molecular complexity index is 510. The lowest BCUT2D eigenvalue weighted by Crippen LogP contribution is -1.78. The van der Waals surface area contributed by atoms with Crippen molar-refractivity contribution < 1.29 is 4.39 Å². The van der Waals surface area contributed by atoms with Crippen molar-refractivity contribution in [2.24, 2.45) is 0 Å². The second kappa shape index (κ2) is 2.86. The van der Waals surface area contributed by atoms with Crippen LogP contribution < -0.4 is 0 Å². The lowest BCUT2D eigenvalue weighted by atomic mass is 10.2. The van der Waals surface area contributed by atoms with Gasteiger partial charge in [0.05, 0.1) is 11.1 Å². The Morgan fingerprint density at radius 3 is 2.92 bits per heavy atom. The van der Waals surface area contributed by atoms with Crippen molar-refractivity contribution in [3.63, 3.8) is 0 Å². The molecule has 4 heteroatoms. The topological polar surface area (TPSA) is 39.6 Å². The first-order chi connectivity index (χ1) is 6.24. The number of fused-ring (bicyclic) bond motifs is 1. The van der Waals surface area contributed by atoms with E-state index in [9.17, 15) is 4.39 Å². The predicted octanol–water partition coefficient (Wildman–Crippen LogP) is 2.94. The van der Waals surface area contributed by atoms with Crippen LogP contribution >= 0.6 is 15.9 Å². The first kappa shape index (κ1) is 8.27. The molecule has 0 bridgehead atoms. The molecule has 1 N–H and O–H groups in total. The molecule has 64 valence electrons. The molecule has 0 saturated heterocycles. The molecule has 0 radical (unpaired) electrons. The SMILES string of the molecule is N#Cc1c[nH]c2c(F)ccc(Br)c12. The first-order valence-corrected chi connectivity index (χ1v) is 4.38. The minimum atomic E-state index is -0.347. The van der Waals surface area contributed by atoms with Crippen LogP contribution in [0.1, 0.15) is 5.56 Å². The number of aromatic nitrogens is 1. The summed E-state index contributed by atoms with van der Waals surface area (Å²) in [4.78, 5) is 2.72. The van der Waals surface area contributed by atoms with E-state index in [2.05, 4.69) is 20.9 Å². The smallest absolute Gasteiger partial charge is 0.147 e. The molecule has 0 saturated carbocycles. The third-order valence-corrected chi connectivity index (χ3v) is 2.52. The Balaban J connectivity index is 2.98. The molecular weight excluding hydrogens is 235 g/mol. The summed E-state index contributed by atoms with van der Waals surface area (Å²) in [5.74, 6) is -0.347. The number of aromatic amines is 1. The van der Waals surface area contributed by atoms with Crippen LogP contribution in [-0.2, 0) is 0 Å². The van der Waals surface area contributed by atoms with Gasteiger partial charge in [-0.2, -0.15) is 5.26 Å². The van der Waals surface area contributed by atoms with Gasteiger partial charge in [0.15, 0.2) is 0 Å². The number of nitrogens with zero attached hydrogens (tertiary/aromatic N) is 1. The summed E-state index contributed by atoms with van der Waals surface area (Å²) in [6.07, 6.45) is 1.50. The van der Waals surface area contributed by atoms with E-state index < -0.39 is 0 Å². The maximum Gasteiger partial charge on any atom is 0.147 e. The Morgan fingerprint density at radius 2 is 2.23 bits per heavy atom. The molecule has 0 aliphatic rings. The molecule has 0 atom stereocenters. The van der Waals surface area contributed by atoms with Crippen molar-refractivity contribution in [2.75, 3.05) is 0 Å². The van der Waals surface area contributed by atoms with E-state index in [0.717, 1.165) is 4.47 Å². The van der Waals surface area contributed by atoms with E-state index in [4.69, 9.17) is 5.26 Å². The molecule has 2 aromatic rings. The lowest BCUT2D eigenvalue weighted by molar-refractivity contribution is 0.637. The summed E-state index contributed by atoms with van der Waals surface area (Å²) < 4.78 is 13.9. The molecule has 0 amide bonds. The summed E-state index contributed by atoms with van der Waals surface area (Å²) in [7, 11) is 0. The summed E-state index contributed by atoms with van der Waals surface area (Å²) >= 11 is 3.26. The van der Waals surface area contributed by atoms with Crippen LogP contribution in [0, 0.1) is 17.1 Å². The van der Waals surface area contributed by atoms with Crippen molar-refractivity contribution in [1.82, 2.24) is 4.98 Å². The highest BCUT2D eigenvalue weighted by Crippen LogP contribution is 2.28. The molecule has 1 aromatic heterocycles. The van der Waals surface area contributed by atoms with Gasteiger partial charge in [-0.15, -0.1) is 0 Å². The zero-order valence-corrected chi connectivity index (χ0v) is 8.02. The molecule has 1 aromatic carbocycles. The van der Waals surface area contributed by atoms with E-state index in [0.29, 0.717) is 16.5 Å². The van der Waals surface area contributed by atoms with E-state index in [-0.39, 0.29) is 5.82 Å². The number of nitriles is 1. The van der Waals surface area contributed by atoms with Crippen molar-refractivity contribution in [3.8, 4) is 6.07 Å². The average Bonchev–Trinajstić information content (AvgIpc) is 2.56. The molecule has 1 heterocycles. The number of halogens is 2. The first-order valence-electron chi connectivity index (χ1n) is 3.59. The Hall–Kier alpha value is -1.34. The molecule has 0 unspecified atom stereocenters. The van der Waals surface area contributed by atoms with Gasteiger partial charge in [-0.05, 0) is 12.1 Å². The fraction of sp³-hybridized carbons (Fsp3) is 0. The lowest BCUT2D eigenvalue weighted by Gasteiger charge is -1.95. The molecule has 0 aliphatic carbocycles. The van der Waals surface area contributed by atoms with Crippen LogP contribution in [0.4, 0.5) is 4.39 Å². The molecule has 0 fully saturated rings. The van der Waals surface area contributed by atoms with Gasteiger partial charge in [-0.25, -0.2) is 4.39 Å². The van der Waals surface area contributed by atoms with Crippen molar-refractivity contribution in [1.29, 1.82) is 5.26 Å². The summed E-state index contributed by atoms with van der Waals surface area (Å²) in [5.41, 5.74) is 0.812. The third kappa shape index (κ3) is 1.12. The number of H-pyrrole nitrogens is 1. The average molecular weight is 239 g/mol. The van der Waals surface area contributed by atoms with Gasteiger partial charge >= 0.3 is 0 Å². The molecular formula is C9H4BrFN2.